The first-order valence-electron chi connectivity index (χ1n) is 14.9. The Bertz CT molecular complexity index is 2090. The Morgan fingerprint density at radius 2 is 1.79 bits per heavy atom. The lowest BCUT2D eigenvalue weighted by Gasteiger charge is -2.25. The van der Waals surface area contributed by atoms with Crippen LogP contribution in [0, 0.1) is 3.57 Å². The van der Waals surface area contributed by atoms with Crippen LogP contribution in [0.4, 0.5) is 0 Å². The largest absolute Gasteiger partial charge is 0.493 e. The van der Waals surface area contributed by atoms with E-state index in [2.05, 4.69) is 22.6 Å². The number of thiazole rings is 1. The minimum Gasteiger partial charge on any atom is -0.493 e. The van der Waals surface area contributed by atoms with Crippen molar-refractivity contribution in [3.63, 3.8) is 0 Å². The number of rotatable bonds is 11. The molecule has 13 heteroatoms. The fraction of sp³-hybridized carbons (Fsp3) is 0.286. The molecule has 252 valence electrons. The van der Waals surface area contributed by atoms with Crippen LogP contribution in [0.3, 0.4) is 0 Å². The SMILES string of the molecule is CCOC(=O)C1=C(C)N=c2s/c(=C/c3cc(I)cc(OC)c3OCc3ccc(Cl)c(Cl)c3)c(=O)n2[C@H]1c1ccc(OC(C)C)c(OC)c1. The number of hydrogen-bond acceptors (Lipinski definition) is 9. The van der Waals surface area contributed by atoms with Crippen LogP contribution in [0.15, 0.2) is 69.6 Å². The number of carbonyl (C=O) groups is 1. The summed E-state index contributed by atoms with van der Waals surface area (Å²) >= 11 is 15.7. The number of nitrogens with zero attached hydrogens (tertiary/aromatic N) is 2. The molecule has 9 nitrogen and oxygen atoms in total. The maximum Gasteiger partial charge on any atom is 0.338 e. The highest BCUT2D eigenvalue weighted by molar-refractivity contribution is 14.1. The smallest absolute Gasteiger partial charge is 0.338 e. The van der Waals surface area contributed by atoms with Gasteiger partial charge < -0.3 is 23.7 Å². The molecule has 0 N–H and O–H groups in total. The van der Waals surface area contributed by atoms with Crippen LogP contribution in [0.1, 0.15) is 50.4 Å². The maximum absolute atomic E-state index is 14.4. The van der Waals surface area contributed by atoms with E-state index >= 15 is 0 Å². The second-order valence-corrected chi connectivity index (χ2v) is 14.0. The average Bonchev–Trinajstić information content (AvgIpc) is 3.34. The third kappa shape index (κ3) is 7.54. The van der Waals surface area contributed by atoms with Crippen LogP contribution < -0.4 is 33.8 Å². The highest BCUT2D eigenvalue weighted by Crippen LogP contribution is 2.38. The number of methoxy groups -OCH3 is 2. The Hall–Kier alpha value is -3.52. The first-order valence-corrected chi connectivity index (χ1v) is 17.6. The van der Waals surface area contributed by atoms with Crippen LogP contribution in [0.2, 0.25) is 10.0 Å². The third-order valence-corrected chi connectivity index (χ3v) is 9.65. The zero-order chi connectivity index (χ0) is 34.7. The van der Waals surface area contributed by atoms with E-state index in [9.17, 15) is 9.59 Å². The van der Waals surface area contributed by atoms with Crippen molar-refractivity contribution < 1.29 is 28.5 Å². The molecule has 2 heterocycles. The standard InChI is InChI=1S/C35H33Cl2IN2O7S/c1-7-45-34(42)30-19(4)39-35-40(31(30)21-9-11-26(47-18(2)3)27(14-21)43-5)33(41)29(48-35)15-22-13-23(38)16-28(44-6)32(22)46-17-20-8-10-24(36)25(37)12-20/h8-16,18,31H,7,17H2,1-6H3/b29-15+/t31-/m0/s1. The molecule has 0 bridgehead atoms. The molecule has 0 aliphatic carbocycles. The van der Waals surface area contributed by atoms with Gasteiger partial charge in [0.2, 0.25) is 0 Å². The molecule has 4 aromatic rings. The van der Waals surface area contributed by atoms with Crippen LogP contribution in [-0.4, -0.2) is 37.5 Å². The maximum atomic E-state index is 14.4. The van der Waals surface area contributed by atoms with Gasteiger partial charge in [-0.15, -0.1) is 0 Å². The van der Waals surface area contributed by atoms with E-state index in [-0.39, 0.29) is 30.5 Å². The van der Waals surface area contributed by atoms with Crippen LogP contribution in [0.25, 0.3) is 6.08 Å². The van der Waals surface area contributed by atoms with Crippen LogP contribution in [0.5, 0.6) is 23.0 Å². The van der Waals surface area contributed by atoms with Crippen molar-refractivity contribution in [1.29, 1.82) is 0 Å². The molecule has 0 saturated carbocycles. The summed E-state index contributed by atoms with van der Waals surface area (Å²) in [5.74, 6) is 1.40. The van der Waals surface area contributed by atoms with Gasteiger partial charge in [0.25, 0.3) is 5.56 Å². The number of hydrogen-bond donors (Lipinski definition) is 0. The fourth-order valence-corrected chi connectivity index (χ4v) is 7.22. The summed E-state index contributed by atoms with van der Waals surface area (Å²) in [5, 5.41) is 0.863. The molecule has 0 fully saturated rings. The zero-order valence-corrected chi connectivity index (χ0v) is 31.5. The number of aromatic nitrogens is 1. The Labute approximate surface area is 305 Å². The summed E-state index contributed by atoms with van der Waals surface area (Å²) in [4.78, 5) is 32.9. The predicted molar refractivity (Wildman–Crippen MR) is 196 cm³/mol. The molecule has 1 aliphatic rings. The van der Waals surface area contributed by atoms with Crippen molar-refractivity contribution in [1.82, 2.24) is 4.57 Å². The Morgan fingerprint density at radius 3 is 2.46 bits per heavy atom. The molecule has 1 aromatic heterocycles. The molecule has 0 spiro atoms. The van der Waals surface area contributed by atoms with Gasteiger partial charge in [-0.25, -0.2) is 9.79 Å². The van der Waals surface area contributed by atoms with Gasteiger partial charge >= 0.3 is 5.97 Å². The molecule has 1 aliphatic heterocycles. The van der Waals surface area contributed by atoms with E-state index in [1.165, 1.54) is 15.9 Å². The van der Waals surface area contributed by atoms with E-state index in [0.29, 0.717) is 59.2 Å². The van der Waals surface area contributed by atoms with E-state index in [0.717, 1.165) is 9.13 Å². The summed E-state index contributed by atoms with van der Waals surface area (Å²) in [5.41, 5.74) is 2.44. The van der Waals surface area contributed by atoms with Crippen molar-refractivity contribution in [3.8, 4) is 23.0 Å². The van der Waals surface area contributed by atoms with E-state index in [1.807, 2.05) is 38.1 Å². The van der Waals surface area contributed by atoms with Gasteiger partial charge in [-0.1, -0.05) is 46.7 Å². The van der Waals surface area contributed by atoms with Gasteiger partial charge in [0.1, 0.15) is 6.61 Å². The van der Waals surface area contributed by atoms with Crippen molar-refractivity contribution in [2.24, 2.45) is 4.99 Å². The molecule has 0 radical (unpaired) electrons. The van der Waals surface area contributed by atoms with E-state index in [1.54, 1.807) is 58.4 Å². The lowest BCUT2D eigenvalue weighted by molar-refractivity contribution is -0.139. The summed E-state index contributed by atoms with van der Waals surface area (Å²) in [7, 11) is 3.10. The van der Waals surface area contributed by atoms with E-state index < -0.39 is 12.0 Å². The highest BCUT2D eigenvalue weighted by Gasteiger charge is 2.34. The topological polar surface area (TPSA) is 97.6 Å². The quantitative estimate of drug-likeness (QED) is 0.118. The third-order valence-electron chi connectivity index (χ3n) is 7.31. The fourth-order valence-electron chi connectivity index (χ4n) is 5.24. The molecular formula is C35H33Cl2IN2O7S. The number of allylic oxidation sites excluding steroid dienone is 1. The van der Waals surface area contributed by atoms with Gasteiger partial charge in [-0.05, 0) is 104 Å². The molecule has 48 heavy (non-hydrogen) atoms. The van der Waals surface area contributed by atoms with Crippen molar-refractivity contribution in [2.45, 2.75) is 46.4 Å². The number of carbonyl (C=O) groups excluding carboxylic acids is 1. The molecular weight excluding hydrogens is 790 g/mol. The number of fused-ring (bicyclic) bond motifs is 1. The summed E-state index contributed by atoms with van der Waals surface area (Å²) in [6.45, 7) is 7.65. The average molecular weight is 824 g/mol. The Balaban J connectivity index is 1.67. The van der Waals surface area contributed by atoms with Gasteiger partial charge in [0.15, 0.2) is 27.8 Å². The van der Waals surface area contributed by atoms with Gasteiger partial charge in [-0.3, -0.25) is 9.36 Å². The first-order chi connectivity index (χ1) is 22.9. The lowest BCUT2D eigenvalue weighted by Crippen LogP contribution is -2.40. The minimum absolute atomic E-state index is 0.0859. The van der Waals surface area contributed by atoms with Crippen molar-refractivity contribution in [3.05, 3.63) is 110 Å². The Kier molecular flexibility index (Phi) is 11.4. The van der Waals surface area contributed by atoms with Crippen molar-refractivity contribution >= 4 is 69.2 Å². The molecule has 3 aromatic carbocycles. The highest BCUT2D eigenvalue weighted by atomic mass is 127. The summed E-state index contributed by atoms with van der Waals surface area (Å²) in [6, 6.07) is 13.5. The molecule has 5 rings (SSSR count). The molecule has 0 saturated heterocycles. The predicted octanol–water partition coefficient (Wildman–Crippen LogP) is 7.09. The van der Waals surface area contributed by atoms with Gasteiger partial charge in [0, 0.05) is 9.13 Å². The van der Waals surface area contributed by atoms with Crippen LogP contribution in [-0.2, 0) is 16.1 Å². The first kappa shape index (κ1) is 35.8. The molecule has 1 atom stereocenters. The van der Waals surface area contributed by atoms with Gasteiger partial charge in [-0.2, -0.15) is 0 Å². The zero-order valence-electron chi connectivity index (χ0n) is 27.1. The number of benzene rings is 3. The number of halogens is 3. The summed E-state index contributed by atoms with van der Waals surface area (Å²) < 4.78 is 31.7. The van der Waals surface area contributed by atoms with E-state index in [4.69, 9.17) is 51.9 Å². The monoisotopic (exact) mass is 822 g/mol. The normalized spacial score (nSPS) is 14.5. The number of ether oxygens (including phenoxy) is 5. The van der Waals surface area contributed by atoms with Crippen LogP contribution >= 0.6 is 57.1 Å². The Morgan fingerprint density at radius 1 is 1.04 bits per heavy atom. The summed E-state index contributed by atoms with van der Waals surface area (Å²) in [6.07, 6.45) is 1.66. The second-order valence-electron chi connectivity index (χ2n) is 10.9. The minimum atomic E-state index is -0.833. The second kappa shape index (κ2) is 15.4. The lowest BCUT2D eigenvalue weighted by atomic mass is 9.95. The molecule has 0 amide bonds. The van der Waals surface area contributed by atoms with Gasteiger partial charge in [0.05, 0.1) is 58.8 Å². The molecule has 0 unspecified atom stereocenters. The number of esters is 1. The van der Waals surface area contributed by atoms with Crippen molar-refractivity contribution in [2.75, 3.05) is 20.8 Å².